The molecule has 0 radical (unpaired) electrons. The van der Waals surface area contributed by atoms with Crippen LogP contribution >= 0.6 is 23.4 Å². The summed E-state index contributed by atoms with van der Waals surface area (Å²) < 4.78 is 0. The summed E-state index contributed by atoms with van der Waals surface area (Å²) in [5.41, 5.74) is -1.04. The fourth-order valence-corrected chi connectivity index (χ4v) is 3.08. The predicted octanol–water partition coefficient (Wildman–Crippen LogP) is 1.70. The van der Waals surface area contributed by atoms with E-state index < -0.39 is 17.4 Å². The second-order valence-electron chi connectivity index (χ2n) is 5.14. The highest BCUT2D eigenvalue weighted by atomic mass is 35.5. The largest absolute Gasteiger partial charge is 0.318 e. The van der Waals surface area contributed by atoms with Gasteiger partial charge in [-0.05, 0) is 26.0 Å². The lowest BCUT2D eigenvalue weighted by atomic mass is 9.99. The minimum absolute atomic E-state index is 0.110. The number of imide groups is 1. The molecule has 0 bridgehead atoms. The van der Waals surface area contributed by atoms with Crippen LogP contribution in [0.3, 0.4) is 0 Å². The fourth-order valence-electron chi connectivity index (χ4n) is 1.96. The monoisotopic (exact) mass is 326 g/mol. The van der Waals surface area contributed by atoms with Gasteiger partial charge in [-0.25, -0.2) is 0 Å². The molecule has 1 N–H and O–H groups in total. The van der Waals surface area contributed by atoms with Gasteiger partial charge in [0.1, 0.15) is 12.1 Å². The summed E-state index contributed by atoms with van der Waals surface area (Å²) >= 11 is 7.32. The van der Waals surface area contributed by atoms with Gasteiger partial charge >= 0.3 is 0 Å². The first-order valence-electron chi connectivity index (χ1n) is 6.34. The van der Waals surface area contributed by atoms with Crippen molar-refractivity contribution in [2.24, 2.45) is 0 Å². The maximum Gasteiger partial charge on any atom is 0.252 e. The molecule has 1 aliphatic rings. The number of carbonyl (C=O) groups excluding carboxylic acids is 3. The number of hydrogen-bond acceptors (Lipinski definition) is 4. The Morgan fingerprint density at radius 3 is 2.71 bits per heavy atom. The van der Waals surface area contributed by atoms with E-state index in [0.717, 1.165) is 4.90 Å². The number of nitrogens with zero attached hydrogens (tertiary/aromatic N) is 1. The van der Waals surface area contributed by atoms with Crippen molar-refractivity contribution >= 4 is 41.1 Å². The zero-order valence-electron chi connectivity index (χ0n) is 11.7. The Balaban J connectivity index is 2.07. The second-order valence-corrected chi connectivity index (χ2v) is 6.56. The van der Waals surface area contributed by atoms with Crippen molar-refractivity contribution < 1.29 is 14.4 Å². The van der Waals surface area contributed by atoms with Crippen LogP contribution in [0.2, 0.25) is 5.02 Å². The van der Waals surface area contributed by atoms with Crippen molar-refractivity contribution in [2.45, 2.75) is 24.3 Å². The average molecular weight is 327 g/mol. The Kier molecular flexibility index (Phi) is 4.58. The Labute approximate surface area is 132 Å². The quantitative estimate of drug-likeness (QED) is 0.678. The maximum absolute atomic E-state index is 12.3. The van der Waals surface area contributed by atoms with E-state index in [4.69, 9.17) is 11.6 Å². The number of amides is 3. The molecule has 7 heteroatoms. The maximum atomic E-state index is 12.3. The molecule has 1 aromatic carbocycles. The fraction of sp³-hybridized carbons (Fsp3) is 0.357. The van der Waals surface area contributed by atoms with Gasteiger partial charge in [0.25, 0.3) is 5.91 Å². The van der Waals surface area contributed by atoms with Gasteiger partial charge in [0, 0.05) is 4.90 Å². The summed E-state index contributed by atoms with van der Waals surface area (Å²) in [6, 6.07) is 7.21. The van der Waals surface area contributed by atoms with Crippen molar-refractivity contribution in [3.8, 4) is 0 Å². The lowest BCUT2D eigenvalue weighted by Gasteiger charge is -2.40. The molecule has 1 fully saturated rings. The number of nitrogens with one attached hydrogen (secondary N) is 1. The molecule has 1 saturated heterocycles. The van der Waals surface area contributed by atoms with Gasteiger partial charge in [-0.15, -0.1) is 11.8 Å². The molecule has 0 aliphatic carbocycles. The van der Waals surface area contributed by atoms with Gasteiger partial charge < -0.3 is 4.90 Å². The molecule has 1 aliphatic heterocycles. The molecule has 21 heavy (non-hydrogen) atoms. The first-order valence-corrected chi connectivity index (χ1v) is 7.71. The Bertz CT molecular complexity index is 604. The molecule has 0 unspecified atom stereocenters. The lowest BCUT2D eigenvalue weighted by Crippen LogP contribution is -2.65. The molecule has 0 atom stereocenters. The number of thioether (sulfide) groups is 1. The Hall–Kier alpha value is -1.53. The number of carbonyl (C=O) groups is 3. The van der Waals surface area contributed by atoms with E-state index in [9.17, 15) is 14.4 Å². The van der Waals surface area contributed by atoms with E-state index in [-0.39, 0.29) is 18.2 Å². The average Bonchev–Trinajstić information content (AvgIpc) is 2.42. The number of benzene rings is 1. The van der Waals surface area contributed by atoms with Crippen LogP contribution in [-0.2, 0) is 14.4 Å². The summed E-state index contributed by atoms with van der Waals surface area (Å²) in [5, 5.41) is 2.81. The molecule has 0 spiro atoms. The summed E-state index contributed by atoms with van der Waals surface area (Å²) in [4.78, 5) is 37.7. The third kappa shape index (κ3) is 3.39. The van der Waals surface area contributed by atoms with Crippen LogP contribution in [0.25, 0.3) is 0 Å². The first kappa shape index (κ1) is 15.9. The zero-order chi connectivity index (χ0) is 15.6. The third-order valence-corrected chi connectivity index (χ3v) is 4.77. The standard InChI is InChI=1S/C14H15ClN2O3S/c1-14(2)13(20)16-11(18)7-17(14)12(19)8-21-10-6-4-3-5-9(10)15/h3-6H,7-8H2,1-2H3,(H,16,18,20). The first-order chi connectivity index (χ1) is 9.82. The summed E-state index contributed by atoms with van der Waals surface area (Å²) in [5.74, 6) is -1.08. The van der Waals surface area contributed by atoms with Crippen LogP contribution in [0.4, 0.5) is 0 Å². The highest BCUT2D eigenvalue weighted by molar-refractivity contribution is 8.00. The Morgan fingerprint density at radius 1 is 1.38 bits per heavy atom. The summed E-state index contributed by atoms with van der Waals surface area (Å²) in [6.45, 7) is 3.13. The molecular formula is C14H15ClN2O3S. The van der Waals surface area contributed by atoms with Crippen LogP contribution < -0.4 is 5.32 Å². The predicted molar refractivity (Wildman–Crippen MR) is 81.1 cm³/mol. The van der Waals surface area contributed by atoms with Crippen LogP contribution in [0, 0.1) is 0 Å². The number of halogens is 1. The molecule has 1 heterocycles. The Morgan fingerprint density at radius 2 is 2.05 bits per heavy atom. The van der Waals surface area contributed by atoms with Crippen LogP contribution in [-0.4, -0.2) is 40.5 Å². The number of piperazine rings is 1. The van der Waals surface area contributed by atoms with Crippen molar-refractivity contribution in [3.63, 3.8) is 0 Å². The van der Waals surface area contributed by atoms with Crippen molar-refractivity contribution in [1.82, 2.24) is 10.2 Å². The third-order valence-electron chi connectivity index (χ3n) is 3.27. The number of rotatable bonds is 3. The van der Waals surface area contributed by atoms with Crippen molar-refractivity contribution in [1.29, 1.82) is 0 Å². The topological polar surface area (TPSA) is 66.5 Å². The van der Waals surface area contributed by atoms with E-state index in [1.165, 1.54) is 16.7 Å². The highest BCUT2D eigenvalue weighted by Gasteiger charge is 2.43. The molecular weight excluding hydrogens is 312 g/mol. The van der Waals surface area contributed by atoms with Gasteiger partial charge in [-0.3, -0.25) is 19.7 Å². The van der Waals surface area contributed by atoms with Crippen molar-refractivity contribution in [3.05, 3.63) is 29.3 Å². The van der Waals surface area contributed by atoms with Crippen molar-refractivity contribution in [2.75, 3.05) is 12.3 Å². The van der Waals surface area contributed by atoms with Crippen LogP contribution in [0.15, 0.2) is 29.2 Å². The summed E-state index contributed by atoms with van der Waals surface area (Å²) in [7, 11) is 0. The smallest absolute Gasteiger partial charge is 0.252 e. The molecule has 112 valence electrons. The van der Waals surface area contributed by atoms with Gasteiger partial charge in [0.2, 0.25) is 11.8 Å². The van der Waals surface area contributed by atoms with Crippen LogP contribution in [0.1, 0.15) is 13.8 Å². The van der Waals surface area contributed by atoms with E-state index in [0.29, 0.717) is 5.02 Å². The highest BCUT2D eigenvalue weighted by Crippen LogP contribution is 2.28. The van der Waals surface area contributed by atoms with Gasteiger partial charge in [-0.1, -0.05) is 23.7 Å². The molecule has 5 nitrogen and oxygen atoms in total. The van der Waals surface area contributed by atoms with Gasteiger partial charge in [0.15, 0.2) is 0 Å². The van der Waals surface area contributed by atoms with Gasteiger partial charge in [0.05, 0.1) is 10.8 Å². The number of hydrogen-bond donors (Lipinski definition) is 1. The normalized spacial score (nSPS) is 17.6. The molecule has 0 saturated carbocycles. The molecule has 1 aromatic rings. The molecule has 3 amide bonds. The summed E-state index contributed by atoms with van der Waals surface area (Å²) in [6.07, 6.45) is 0. The molecule has 2 rings (SSSR count). The minimum atomic E-state index is -1.04. The second kappa shape index (κ2) is 6.07. The lowest BCUT2D eigenvalue weighted by molar-refractivity contribution is -0.154. The SMILES string of the molecule is CC1(C)C(=O)NC(=O)CN1C(=O)CSc1ccccc1Cl. The zero-order valence-corrected chi connectivity index (χ0v) is 13.3. The van der Waals surface area contributed by atoms with E-state index in [2.05, 4.69) is 5.32 Å². The van der Waals surface area contributed by atoms with E-state index in [1.807, 2.05) is 18.2 Å². The van der Waals surface area contributed by atoms with E-state index >= 15 is 0 Å². The van der Waals surface area contributed by atoms with Crippen LogP contribution in [0.5, 0.6) is 0 Å². The van der Waals surface area contributed by atoms with E-state index in [1.54, 1.807) is 19.9 Å². The van der Waals surface area contributed by atoms with Gasteiger partial charge in [-0.2, -0.15) is 0 Å². The molecule has 0 aromatic heterocycles. The minimum Gasteiger partial charge on any atom is -0.318 e.